The molecule has 2 fully saturated rings. The fourth-order valence-corrected chi connectivity index (χ4v) is 2.98. The third-order valence-electron chi connectivity index (χ3n) is 4.39. The Hall–Kier alpha value is -1.59. The molecular weight excluding hydrogens is 266 g/mol. The summed E-state index contributed by atoms with van der Waals surface area (Å²) in [7, 11) is 0. The highest BCUT2D eigenvalue weighted by molar-refractivity contribution is 5.95. The highest BCUT2D eigenvalue weighted by atomic mass is 16.5. The van der Waals surface area contributed by atoms with Gasteiger partial charge in [0.15, 0.2) is 0 Å². The van der Waals surface area contributed by atoms with Gasteiger partial charge in [0.1, 0.15) is 0 Å². The second-order valence-electron chi connectivity index (χ2n) is 6.06. The molecule has 2 aliphatic rings. The summed E-state index contributed by atoms with van der Waals surface area (Å²) in [6, 6.07) is 7.94. The van der Waals surface area contributed by atoms with Crippen molar-refractivity contribution in [3.8, 4) is 0 Å². The van der Waals surface area contributed by atoms with E-state index >= 15 is 0 Å². The molecule has 0 radical (unpaired) electrons. The number of hydrogen-bond donors (Lipinski definition) is 2. The Balaban J connectivity index is 1.68. The lowest BCUT2D eigenvalue weighted by Crippen LogP contribution is -2.49. The minimum Gasteiger partial charge on any atom is -0.378 e. The van der Waals surface area contributed by atoms with Crippen LogP contribution in [0.25, 0.3) is 0 Å². The number of benzene rings is 1. The van der Waals surface area contributed by atoms with Crippen LogP contribution in [-0.4, -0.2) is 37.7 Å². The van der Waals surface area contributed by atoms with E-state index < -0.39 is 0 Å². The fraction of sp³-hybridized carbons (Fsp3) is 0.562. The van der Waals surface area contributed by atoms with Crippen molar-refractivity contribution < 1.29 is 9.53 Å². The van der Waals surface area contributed by atoms with Gasteiger partial charge in [0, 0.05) is 25.0 Å². The predicted molar refractivity (Wildman–Crippen MR) is 83.5 cm³/mol. The molecule has 21 heavy (non-hydrogen) atoms. The first-order valence-corrected chi connectivity index (χ1v) is 7.67. The Bertz CT molecular complexity index is 508. The zero-order valence-electron chi connectivity index (χ0n) is 12.3. The standard InChI is InChI=1S/C16H23N3O2/c17-16(6-3-7-16)12-15(20)18-13-4-1-2-5-14(13)19-8-10-21-11-9-19/h1-2,4-5H,3,6-12,17H2,(H,18,20). The lowest BCUT2D eigenvalue weighted by atomic mass is 9.75. The maximum atomic E-state index is 12.2. The average molecular weight is 289 g/mol. The number of nitrogens with one attached hydrogen (secondary N) is 1. The van der Waals surface area contributed by atoms with E-state index in [1.54, 1.807) is 0 Å². The van der Waals surface area contributed by atoms with Crippen molar-refractivity contribution in [3.05, 3.63) is 24.3 Å². The zero-order valence-corrected chi connectivity index (χ0v) is 12.3. The average Bonchev–Trinajstić information content (AvgIpc) is 2.47. The number of ether oxygens (including phenoxy) is 1. The quantitative estimate of drug-likeness (QED) is 0.886. The van der Waals surface area contributed by atoms with E-state index in [9.17, 15) is 4.79 Å². The molecule has 0 atom stereocenters. The van der Waals surface area contributed by atoms with Crippen LogP contribution in [0.3, 0.4) is 0 Å². The highest BCUT2D eigenvalue weighted by Gasteiger charge is 2.34. The topological polar surface area (TPSA) is 67.6 Å². The van der Waals surface area contributed by atoms with E-state index in [4.69, 9.17) is 10.5 Å². The summed E-state index contributed by atoms with van der Waals surface area (Å²) in [6.07, 6.45) is 3.44. The van der Waals surface area contributed by atoms with Crippen LogP contribution in [0.2, 0.25) is 0 Å². The molecule has 3 rings (SSSR count). The van der Waals surface area contributed by atoms with Gasteiger partial charge in [0.25, 0.3) is 0 Å². The van der Waals surface area contributed by atoms with Gasteiger partial charge in [-0.15, -0.1) is 0 Å². The molecular formula is C16H23N3O2. The number of nitrogens with two attached hydrogens (primary N) is 1. The van der Waals surface area contributed by atoms with Gasteiger partial charge in [-0.05, 0) is 31.4 Å². The predicted octanol–water partition coefficient (Wildman–Crippen LogP) is 1.73. The van der Waals surface area contributed by atoms with Gasteiger partial charge in [-0.3, -0.25) is 4.79 Å². The fourth-order valence-electron chi connectivity index (χ4n) is 2.98. The Morgan fingerprint density at radius 2 is 2.00 bits per heavy atom. The van der Waals surface area contributed by atoms with E-state index in [0.717, 1.165) is 56.9 Å². The minimum absolute atomic E-state index is 0.0120. The lowest BCUT2D eigenvalue weighted by Gasteiger charge is -2.37. The van der Waals surface area contributed by atoms with Gasteiger partial charge in [0.2, 0.25) is 5.91 Å². The van der Waals surface area contributed by atoms with Gasteiger partial charge in [0.05, 0.1) is 24.6 Å². The molecule has 5 heteroatoms. The van der Waals surface area contributed by atoms with Crippen LogP contribution in [0.4, 0.5) is 11.4 Å². The number of para-hydroxylation sites is 2. The van der Waals surface area contributed by atoms with Gasteiger partial charge in [-0.1, -0.05) is 12.1 Å². The number of carbonyl (C=O) groups is 1. The molecule has 0 spiro atoms. The SMILES string of the molecule is NC1(CC(=O)Nc2ccccc2N2CCOCC2)CCC1. The number of hydrogen-bond acceptors (Lipinski definition) is 4. The summed E-state index contributed by atoms with van der Waals surface area (Å²) >= 11 is 0. The van der Waals surface area contributed by atoms with Crippen molar-refractivity contribution >= 4 is 17.3 Å². The molecule has 1 aliphatic heterocycles. The second-order valence-corrected chi connectivity index (χ2v) is 6.06. The zero-order chi connectivity index (χ0) is 14.7. The van der Waals surface area contributed by atoms with Gasteiger partial charge < -0.3 is 20.7 Å². The van der Waals surface area contributed by atoms with Crippen LogP contribution in [0.5, 0.6) is 0 Å². The Morgan fingerprint density at radius 3 is 2.67 bits per heavy atom. The van der Waals surface area contributed by atoms with Crippen LogP contribution >= 0.6 is 0 Å². The van der Waals surface area contributed by atoms with E-state index in [1.807, 2.05) is 24.3 Å². The summed E-state index contributed by atoms with van der Waals surface area (Å²) in [5, 5.41) is 3.03. The van der Waals surface area contributed by atoms with Gasteiger partial charge in [-0.2, -0.15) is 0 Å². The van der Waals surface area contributed by atoms with Crippen LogP contribution in [0.1, 0.15) is 25.7 Å². The van der Waals surface area contributed by atoms with Crippen molar-refractivity contribution in [1.29, 1.82) is 0 Å². The van der Waals surface area contributed by atoms with Crippen molar-refractivity contribution in [1.82, 2.24) is 0 Å². The number of nitrogens with zero attached hydrogens (tertiary/aromatic N) is 1. The molecule has 3 N–H and O–H groups in total. The monoisotopic (exact) mass is 289 g/mol. The van der Waals surface area contributed by atoms with E-state index in [0.29, 0.717) is 6.42 Å². The second kappa shape index (κ2) is 6.03. The van der Waals surface area contributed by atoms with Gasteiger partial charge >= 0.3 is 0 Å². The Morgan fingerprint density at radius 1 is 1.29 bits per heavy atom. The Labute approximate surface area is 125 Å². The van der Waals surface area contributed by atoms with E-state index in [-0.39, 0.29) is 11.4 Å². The number of carbonyl (C=O) groups excluding carboxylic acids is 1. The highest BCUT2D eigenvalue weighted by Crippen LogP contribution is 2.33. The molecule has 0 aromatic heterocycles. The third kappa shape index (κ3) is 3.36. The first kappa shape index (κ1) is 14.4. The maximum absolute atomic E-state index is 12.2. The molecule has 114 valence electrons. The van der Waals surface area contributed by atoms with Crippen molar-refractivity contribution in [3.63, 3.8) is 0 Å². The van der Waals surface area contributed by atoms with Crippen LogP contribution in [0, 0.1) is 0 Å². The largest absolute Gasteiger partial charge is 0.378 e. The molecule has 1 aromatic carbocycles. The summed E-state index contributed by atoms with van der Waals surface area (Å²) in [5.74, 6) is 0.0120. The first-order chi connectivity index (χ1) is 10.2. The first-order valence-electron chi connectivity index (χ1n) is 7.67. The minimum atomic E-state index is -0.280. The van der Waals surface area contributed by atoms with Gasteiger partial charge in [-0.25, -0.2) is 0 Å². The molecule has 1 aliphatic carbocycles. The molecule has 5 nitrogen and oxygen atoms in total. The normalized spacial score (nSPS) is 20.7. The molecule has 1 saturated carbocycles. The van der Waals surface area contributed by atoms with Crippen molar-refractivity contribution in [2.75, 3.05) is 36.5 Å². The Kier molecular flexibility index (Phi) is 4.12. The van der Waals surface area contributed by atoms with Crippen LogP contribution in [0.15, 0.2) is 24.3 Å². The van der Waals surface area contributed by atoms with E-state index in [2.05, 4.69) is 10.2 Å². The summed E-state index contributed by atoms with van der Waals surface area (Å²) < 4.78 is 5.38. The van der Waals surface area contributed by atoms with Crippen LogP contribution < -0.4 is 16.0 Å². The van der Waals surface area contributed by atoms with E-state index in [1.165, 1.54) is 0 Å². The van der Waals surface area contributed by atoms with Crippen LogP contribution in [-0.2, 0) is 9.53 Å². The smallest absolute Gasteiger partial charge is 0.226 e. The van der Waals surface area contributed by atoms with Crippen molar-refractivity contribution in [2.24, 2.45) is 5.73 Å². The molecule has 0 bridgehead atoms. The molecule has 1 amide bonds. The summed E-state index contributed by atoms with van der Waals surface area (Å²) in [4.78, 5) is 14.5. The third-order valence-corrected chi connectivity index (χ3v) is 4.39. The number of anilines is 2. The lowest BCUT2D eigenvalue weighted by molar-refractivity contribution is -0.118. The molecule has 0 unspecified atom stereocenters. The summed E-state index contributed by atoms with van der Waals surface area (Å²) in [5.41, 5.74) is 7.80. The molecule has 1 saturated heterocycles. The number of morpholine rings is 1. The molecule has 1 heterocycles. The number of amides is 1. The maximum Gasteiger partial charge on any atom is 0.226 e. The number of rotatable bonds is 4. The van der Waals surface area contributed by atoms with Crippen molar-refractivity contribution in [2.45, 2.75) is 31.2 Å². The summed E-state index contributed by atoms with van der Waals surface area (Å²) in [6.45, 7) is 3.17. The molecule has 1 aromatic rings.